The van der Waals surface area contributed by atoms with E-state index in [-0.39, 0.29) is 18.4 Å². The van der Waals surface area contributed by atoms with Crippen LogP contribution in [0.25, 0.3) is 0 Å². The first-order chi connectivity index (χ1) is 9.84. The molecule has 5 nitrogen and oxygen atoms in total. The highest BCUT2D eigenvalue weighted by atomic mass is 16.5. The Labute approximate surface area is 125 Å². The highest BCUT2D eigenvalue weighted by molar-refractivity contribution is 5.81. The Morgan fingerprint density at radius 1 is 1.14 bits per heavy atom. The Balaban J connectivity index is 2.26. The smallest absolute Gasteiger partial charge is 0.313 e. The summed E-state index contributed by atoms with van der Waals surface area (Å²) in [7, 11) is 1.68. The highest BCUT2D eigenvalue weighted by Gasteiger charge is 2.52. The summed E-state index contributed by atoms with van der Waals surface area (Å²) in [6.45, 7) is 1.65. The number of allylic oxidation sites excluding steroid dienone is 1. The normalized spacial score (nSPS) is 39.9. The monoisotopic (exact) mass is 296 g/mol. The van der Waals surface area contributed by atoms with Gasteiger partial charge in [0.1, 0.15) is 0 Å². The lowest BCUT2D eigenvalue weighted by Gasteiger charge is -2.44. The van der Waals surface area contributed by atoms with Gasteiger partial charge in [-0.25, -0.2) is 0 Å². The molecule has 0 radical (unpaired) electrons. The third-order valence-corrected chi connectivity index (χ3v) is 5.32. The van der Waals surface area contributed by atoms with E-state index >= 15 is 0 Å². The highest BCUT2D eigenvalue weighted by Crippen LogP contribution is 2.51. The predicted octanol–water partition coefficient (Wildman–Crippen LogP) is 2.70. The molecule has 21 heavy (non-hydrogen) atoms. The molecule has 2 atom stereocenters. The van der Waals surface area contributed by atoms with E-state index in [2.05, 4.69) is 0 Å². The molecule has 0 amide bonds. The molecule has 2 aliphatic rings. The summed E-state index contributed by atoms with van der Waals surface area (Å²) >= 11 is 0. The fourth-order valence-electron chi connectivity index (χ4n) is 3.88. The first kappa shape index (κ1) is 16.0. The van der Waals surface area contributed by atoms with Gasteiger partial charge in [0.05, 0.1) is 16.9 Å². The molecule has 0 heterocycles. The lowest BCUT2D eigenvalue weighted by Crippen LogP contribution is -2.47. The fourth-order valence-corrected chi connectivity index (χ4v) is 3.88. The SMILES string of the molecule is COC1CCC(C2(C(=O)O)C=CCC(C)(C(=O)O)C2)CC1. The van der Waals surface area contributed by atoms with Crippen molar-refractivity contribution in [1.29, 1.82) is 0 Å². The summed E-state index contributed by atoms with van der Waals surface area (Å²) < 4.78 is 5.34. The zero-order valence-corrected chi connectivity index (χ0v) is 12.7. The van der Waals surface area contributed by atoms with Gasteiger partial charge in [-0.1, -0.05) is 12.2 Å². The lowest BCUT2D eigenvalue weighted by molar-refractivity contribution is -0.159. The molecule has 0 aliphatic heterocycles. The average molecular weight is 296 g/mol. The van der Waals surface area contributed by atoms with Crippen LogP contribution in [0.4, 0.5) is 0 Å². The molecule has 2 unspecified atom stereocenters. The van der Waals surface area contributed by atoms with Crippen LogP contribution >= 0.6 is 0 Å². The van der Waals surface area contributed by atoms with Crippen LogP contribution in [-0.4, -0.2) is 35.4 Å². The summed E-state index contributed by atoms with van der Waals surface area (Å²) in [6, 6.07) is 0. The van der Waals surface area contributed by atoms with Crippen molar-refractivity contribution in [3.8, 4) is 0 Å². The first-order valence-electron chi connectivity index (χ1n) is 7.51. The standard InChI is InChI=1S/C16H24O5/c1-15(13(17)18)8-3-9-16(10-15,14(19)20)11-4-6-12(21-2)7-5-11/h3,9,11-12H,4-8,10H2,1-2H3,(H,17,18)(H,19,20). The van der Waals surface area contributed by atoms with Gasteiger partial charge in [-0.3, -0.25) is 9.59 Å². The third kappa shape index (κ3) is 2.84. The van der Waals surface area contributed by atoms with Crippen LogP contribution in [0.2, 0.25) is 0 Å². The van der Waals surface area contributed by atoms with Gasteiger partial charge in [-0.05, 0) is 51.4 Å². The van der Waals surface area contributed by atoms with Crippen molar-refractivity contribution in [3.63, 3.8) is 0 Å². The molecular formula is C16H24O5. The molecule has 2 rings (SSSR count). The largest absolute Gasteiger partial charge is 0.481 e. The Morgan fingerprint density at radius 3 is 2.24 bits per heavy atom. The van der Waals surface area contributed by atoms with Crippen molar-refractivity contribution < 1.29 is 24.5 Å². The number of aliphatic carboxylic acids is 2. The molecule has 1 saturated carbocycles. The number of ether oxygens (including phenoxy) is 1. The van der Waals surface area contributed by atoms with Crippen molar-refractivity contribution in [2.75, 3.05) is 7.11 Å². The van der Waals surface area contributed by atoms with E-state index in [1.54, 1.807) is 26.2 Å². The van der Waals surface area contributed by atoms with E-state index in [0.29, 0.717) is 6.42 Å². The minimum absolute atomic E-state index is 0.0170. The molecular weight excluding hydrogens is 272 g/mol. The minimum Gasteiger partial charge on any atom is -0.481 e. The summed E-state index contributed by atoms with van der Waals surface area (Å²) in [6.07, 6.45) is 7.47. The van der Waals surface area contributed by atoms with Gasteiger partial charge in [-0.15, -0.1) is 0 Å². The summed E-state index contributed by atoms with van der Waals surface area (Å²) in [5.41, 5.74) is -2.05. The molecule has 0 spiro atoms. The van der Waals surface area contributed by atoms with Crippen molar-refractivity contribution in [1.82, 2.24) is 0 Å². The fraction of sp³-hybridized carbons (Fsp3) is 0.750. The van der Waals surface area contributed by atoms with E-state index in [9.17, 15) is 19.8 Å². The molecule has 0 aromatic heterocycles. The Hall–Kier alpha value is -1.36. The van der Waals surface area contributed by atoms with Crippen LogP contribution < -0.4 is 0 Å². The molecule has 5 heteroatoms. The van der Waals surface area contributed by atoms with Gasteiger partial charge in [0.2, 0.25) is 0 Å². The number of hydrogen-bond donors (Lipinski definition) is 2. The number of carboxylic acids is 2. The average Bonchev–Trinajstić information content (AvgIpc) is 2.47. The summed E-state index contributed by atoms with van der Waals surface area (Å²) in [4.78, 5) is 23.5. The first-order valence-corrected chi connectivity index (χ1v) is 7.51. The number of hydrogen-bond acceptors (Lipinski definition) is 3. The number of methoxy groups -OCH3 is 1. The van der Waals surface area contributed by atoms with Crippen LogP contribution in [0, 0.1) is 16.7 Å². The van der Waals surface area contributed by atoms with Gasteiger partial charge in [0.15, 0.2) is 0 Å². The predicted molar refractivity (Wildman–Crippen MR) is 76.9 cm³/mol. The third-order valence-electron chi connectivity index (χ3n) is 5.32. The van der Waals surface area contributed by atoms with Gasteiger partial charge in [-0.2, -0.15) is 0 Å². The van der Waals surface area contributed by atoms with Crippen LogP contribution in [-0.2, 0) is 14.3 Å². The maximum atomic E-state index is 12.0. The lowest BCUT2D eigenvalue weighted by atomic mass is 9.58. The quantitative estimate of drug-likeness (QED) is 0.779. The van der Waals surface area contributed by atoms with E-state index in [1.165, 1.54) is 0 Å². The molecule has 0 bridgehead atoms. The molecule has 0 aromatic carbocycles. The van der Waals surface area contributed by atoms with E-state index in [0.717, 1.165) is 25.7 Å². The van der Waals surface area contributed by atoms with Crippen LogP contribution in [0.3, 0.4) is 0 Å². The molecule has 118 valence electrons. The number of carboxylic acid groups (broad SMARTS) is 2. The molecule has 2 N–H and O–H groups in total. The van der Waals surface area contributed by atoms with Crippen LogP contribution in [0.15, 0.2) is 12.2 Å². The molecule has 0 aromatic rings. The zero-order chi connectivity index (χ0) is 15.7. The second-order valence-electron chi connectivity index (χ2n) is 6.70. The van der Waals surface area contributed by atoms with E-state index in [1.807, 2.05) is 0 Å². The van der Waals surface area contributed by atoms with Crippen molar-refractivity contribution in [2.24, 2.45) is 16.7 Å². The Bertz CT molecular complexity index is 450. The van der Waals surface area contributed by atoms with E-state index in [4.69, 9.17) is 4.74 Å². The Kier molecular flexibility index (Phi) is 4.42. The van der Waals surface area contributed by atoms with Gasteiger partial charge < -0.3 is 14.9 Å². The zero-order valence-electron chi connectivity index (χ0n) is 12.7. The van der Waals surface area contributed by atoms with Gasteiger partial charge in [0, 0.05) is 7.11 Å². The number of rotatable bonds is 4. The molecule has 0 saturated heterocycles. The second kappa shape index (κ2) is 5.79. The summed E-state index contributed by atoms with van der Waals surface area (Å²) in [5, 5.41) is 19.2. The second-order valence-corrected chi connectivity index (χ2v) is 6.70. The van der Waals surface area contributed by atoms with Gasteiger partial charge in [0.25, 0.3) is 0 Å². The van der Waals surface area contributed by atoms with Crippen LogP contribution in [0.5, 0.6) is 0 Å². The molecule has 2 aliphatic carbocycles. The van der Waals surface area contributed by atoms with Crippen molar-refractivity contribution in [3.05, 3.63) is 12.2 Å². The minimum atomic E-state index is -1.05. The summed E-state index contributed by atoms with van der Waals surface area (Å²) in [5.74, 6) is -1.83. The maximum Gasteiger partial charge on any atom is 0.313 e. The molecule has 1 fully saturated rings. The van der Waals surface area contributed by atoms with Crippen molar-refractivity contribution in [2.45, 2.75) is 51.6 Å². The van der Waals surface area contributed by atoms with Gasteiger partial charge >= 0.3 is 11.9 Å². The van der Waals surface area contributed by atoms with Crippen molar-refractivity contribution >= 4 is 11.9 Å². The maximum absolute atomic E-state index is 12.0. The van der Waals surface area contributed by atoms with Crippen LogP contribution in [0.1, 0.15) is 45.4 Å². The number of carbonyl (C=O) groups is 2. The Morgan fingerprint density at radius 2 is 1.76 bits per heavy atom. The topological polar surface area (TPSA) is 83.8 Å². The van der Waals surface area contributed by atoms with E-state index < -0.39 is 22.8 Å².